The van der Waals surface area contributed by atoms with E-state index in [-0.39, 0.29) is 0 Å². The minimum absolute atomic E-state index is 0.405. The fraction of sp³-hybridized carbons (Fsp3) is 0.200. The van der Waals surface area contributed by atoms with Gasteiger partial charge in [0.15, 0.2) is 0 Å². The summed E-state index contributed by atoms with van der Waals surface area (Å²) < 4.78 is 44.0. The monoisotopic (exact) mass is 359 g/mol. The van der Waals surface area contributed by atoms with E-state index in [9.17, 15) is 13.2 Å². The first-order valence-electron chi connectivity index (χ1n) is 6.09. The summed E-state index contributed by atoms with van der Waals surface area (Å²) in [5.41, 5.74) is 6.46. The molecule has 21 heavy (non-hydrogen) atoms. The van der Waals surface area contributed by atoms with Gasteiger partial charge in [-0.2, -0.15) is 13.2 Å². The molecule has 0 aromatic heterocycles. The Morgan fingerprint density at radius 2 is 1.76 bits per heavy atom. The SMILES string of the molecule is COc1ccc(C(N)c2cccc(C(F)(F)F)c2)cc1Br. The number of methoxy groups -OCH3 is 1. The normalized spacial score (nSPS) is 13.0. The van der Waals surface area contributed by atoms with Crippen molar-refractivity contribution in [3.05, 3.63) is 63.6 Å². The van der Waals surface area contributed by atoms with Gasteiger partial charge in [-0.05, 0) is 51.3 Å². The number of nitrogens with two attached hydrogens (primary N) is 1. The van der Waals surface area contributed by atoms with Crippen LogP contribution in [0.25, 0.3) is 0 Å². The highest BCUT2D eigenvalue weighted by atomic mass is 79.9. The molecule has 2 aromatic rings. The van der Waals surface area contributed by atoms with Gasteiger partial charge < -0.3 is 10.5 Å². The standard InChI is InChI=1S/C15H13BrF3NO/c1-21-13-6-5-10(8-12(13)16)14(20)9-3-2-4-11(7-9)15(17,18)19/h2-8,14H,20H2,1H3. The quantitative estimate of drug-likeness (QED) is 0.873. The van der Waals surface area contributed by atoms with Crippen LogP contribution >= 0.6 is 15.9 Å². The lowest BCUT2D eigenvalue weighted by Gasteiger charge is -2.16. The Bertz CT molecular complexity index is 643. The van der Waals surface area contributed by atoms with Crippen molar-refractivity contribution in [1.82, 2.24) is 0 Å². The van der Waals surface area contributed by atoms with E-state index in [4.69, 9.17) is 10.5 Å². The van der Waals surface area contributed by atoms with Gasteiger partial charge in [0.25, 0.3) is 0 Å². The third kappa shape index (κ3) is 3.57. The van der Waals surface area contributed by atoms with Gasteiger partial charge in [0.05, 0.1) is 23.2 Å². The summed E-state index contributed by atoms with van der Waals surface area (Å²) in [7, 11) is 1.53. The summed E-state index contributed by atoms with van der Waals surface area (Å²) in [6, 6.07) is 9.58. The first-order valence-corrected chi connectivity index (χ1v) is 6.88. The van der Waals surface area contributed by atoms with Crippen molar-refractivity contribution >= 4 is 15.9 Å². The summed E-state index contributed by atoms with van der Waals surface area (Å²) in [5, 5.41) is 0. The summed E-state index contributed by atoms with van der Waals surface area (Å²) in [4.78, 5) is 0. The molecule has 2 rings (SSSR count). The molecule has 6 heteroatoms. The Hall–Kier alpha value is -1.53. The average molecular weight is 360 g/mol. The van der Waals surface area contributed by atoms with Crippen molar-refractivity contribution in [2.24, 2.45) is 5.73 Å². The predicted octanol–water partition coefficient (Wildman–Crippen LogP) is 4.52. The molecule has 0 radical (unpaired) electrons. The molecule has 1 unspecified atom stereocenters. The topological polar surface area (TPSA) is 35.2 Å². The van der Waals surface area contributed by atoms with E-state index in [1.54, 1.807) is 24.3 Å². The van der Waals surface area contributed by atoms with E-state index in [0.717, 1.165) is 12.1 Å². The molecule has 112 valence electrons. The first kappa shape index (κ1) is 15.9. The number of hydrogen-bond acceptors (Lipinski definition) is 2. The molecule has 0 heterocycles. The highest BCUT2D eigenvalue weighted by Crippen LogP contribution is 2.33. The number of ether oxygens (including phenoxy) is 1. The molecular weight excluding hydrogens is 347 g/mol. The molecule has 0 saturated carbocycles. The van der Waals surface area contributed by atoms with Crippen LogP contribution < -0.4 is 10.5 Å². The highest BCUT2D eigenvalue weighted by Gasteiger charge is 2.30. The minimum atomic E-state index is -4.38. The van der Waals surface area contributed by atoms with Crippen molar-refractivity contribution in [1.29, 1.82) is 0 Å². The molecule has 0 saturated heterocycles. The molecule has 0 aliphatic heterocycles. The van der Waals surface area contributed by atoms with E-state index in [1.165, 1.54) is 13.2 Å². The van der Waals surface area contributed by atoms with Crippen LogP contribution in [0.2, 0.25) is 0 Å². The molecule has 0 aliphatic rings. The van der Waals surface area contributed by atoms with Gasteiger partial charge in [0.1, 0.15) is 5.75 Å². The Balaban J connectivity index is 2.36. The molecular formula is C15H13BrF3NO. The molecule has 0 spiro atoms. The largest absolute Gasteiger partial charge is 0.496 e. The van der Waals surface area contributed by atoms with Crippen LogP contribution in [-0.4, -0.2) is 7.11 Å². The molecule has 2 nitrogen and oxygen atoms in total. The Kier molecular flexibility index (Phi) is 4.58. The van der Waals surface area contributed by atoms with E-state index < -0.39 is 17.8 Å². The van der Waals surface area contributed by atoms with Crippen molar-refractivity contribution in [3.8, 4) is 5.75 Å². The van der Waals surface area contributed by atoms with Crippen molar-refractivity contribution in [2.75, 3.05) is 7.11 Å². The van der Waals surface area contributed by atoms with Crippen molar-refractivity contribution in [2.45, 2.75) is 12.2 Å². The predicted molar refractivity (Wildman–Crippen MR) is 78.2 cm³/mol. The Labute approximate surface area is 128 Å². The van der Waals surface area contributed by atoms with Crippen LogP contribution in [0.5, 0.6) is 5.75 Å². The number of benzene rings is 2. The number of alkyl halides is 3. The van der Waals surface area contributed by atoms with Crippen molar-refractivity contribution in [3.63, 3.8) is 0 Å². The second-order valence-electron chi connectivity index (χ2n) is 4.49. The van der Waals surface area contributed by atoms with Crippen LogP contribution in [0.15, 0.2) is 46.9 Å². The van der Waals surface area contributed by atoms with Crippen LogP contribution in [0, 0.1) is 0 Å². The maximum Gasteiger partial charge on any atom is 0.416 e. The lowest BCUT2D eigenvalue weighted by molar-refractivity contribution is -0.137. The van der Waals surface area contributed by atoms with Crippen molar-refractivity contribution < 1.29 is 17.9 Å². The van der Waals surface area contributed by atoms with Crippen LogP contribution in [0.1, 0.15) is 22.7 Å². The lowest BCUT2D eigenvalue weighted by atomic mass is 9.98. The van der Waals surface area contributed by atoms with Crippen LogP contribution in [0.4, 0.5) is 13.2 Å². The van der Waals surface area contributed by atoms with Gasteiger partial charge in [-0.3, -0.25) is 0 Å². The second kappa shape index (κ2) is 6.07. The smallest absolute Gasteiger partial charge is 0.416 e. The number of halogens is 4. The Morgan fingerprint density at radius 1 is 1.10 bits per heavy atom. The van der Waals surface area contributed by atoms with E-state index in [2.05, 4.69) is 15.9 Å². The van der Waals surface area contributed by atoms with Gasteiger partial charge in [0.2, 0.25) is 0 Å². The fourth-order valence-electron chi connectivity index (χ4n) is 1.98. The Morgan fingerprint density at radius 3 is 2.33 bits per heavy atom. The molecule has 2 aromatic carbocycles. The molecule has 0 amide bonds. The van der Waals surface area contributed by atoms with Crippen LogP contribution in [-0.2, 0) is 6.18 Å². The first-order chi connectivity index (χ1) is 9.82. The summed E-state index contributed by atoms with van der Waals surface area (Å²) in [6.45, 7) is 0. The molecule has 1 atom stereocenters. The average Bonchev–Trinajstić information content (AvgIpc) is 2.45. The van der Waals surface area contributed by atoms with E-state index in [0.29, 0.717) is 21.3 Å². The van der Waals surface area contributed by atoms with Gasteiger partial charge in [-0.1, -0.05) is 18.2 Å². The zero-order valence-electron chi connectivity index (χ0n) is 11.1. The molecule has 0 fully saturated rings. The van der Waals surface area contributed by atoms with Crippen LogP contribution in [0.3, 0.4) is 0 Å². The molecule has 0 bridgehead atoms. The zero-order chi connectivity index (χ0) is 15.6. The van der Waals surface area contributed by atoms with Gasteiger partial charge in [0, 0.05) is 0 Å². The highest BCUT2D eigenvalue weighted by molar-refractivity contribution is 9.10. The number of rotatable bonds is 3. The third-order valence-corrected chi connectivity index (χ3v) is 3.73. The fourth-order valence-corrected chi connectivity index (χ4v) is 2.54. The van der Waals surface area contributed by atoms with Gasteiger partial charge in [-0.15, -0.1) is 0 Å². The minimum Gasteiger partial charge on any atom is -0.496 e. The summed E-state index contributed by atoms with van der Waals surface area (Å²) in [5.74, 6) is 0.634. The lowest BCUT2D eigenvalue weighted by Crippen LogP contribution is -2.14. The maximum absolute atomic E-state index is 12.7. The summed E-state index contributed by atoms with van der Waals surface area (Å²) in [6.07, 6.45) is -4.38. The molecule has 0 aliphatic carbocycles. The summed E-state index contributed by atoms with van der Waals surface area (Å²) >= 11 is 3.33. The van der Waals surface area contributed by atoms with E-state index >= 15 is 0 Å². The number of hydrogen-bond donors (Lipinski definition) is 1. The van der Waals surface area contributed by atoms with Gasteiger partial charge >= 0.3 is 6.18 Å². The second-order valence-corrected chi connectivity index (χ2v) is 5.35. The maximum atomic E-state index is 12.7. The van der Waals surface area contributed by atoms with E-state index in [1.807, 2.05) is 0 Å². The zero-order valence-corrected chi connectivity index (χ0v) is 12.7. The third-order valence-electron chi connectivity index (χ3n) is 3.11. The molecule has 2 N–H and O–H groups in total. The van der Waals surface area contributed by atoms with Gasteiger partial charge in [-0.25, -0.2) is 0 Å².